The van der Waals surface area contributed by atoms with Crippen molar-refractivity contribution in [2.24, 2.45) is 11.7 Å². The number of ether oxygens (including phenoxy) is 2. The van der Waals surface area contributed by atoms with Crippen molar-refractivity contribution >= 4 is 34.2 Å². The number of esters is 1. The van der Waals surface area contributed by atoms with E-state index in [1.807, 2.05) is 32.9 Å². The number of ketones is 2. The Hall–Kier alpha value is -4.44. The second kappa shape index (κ2) is 23.0. The number of Topliss-reactive ketones (excluding diaryl/α,β-unsaturated/α-hetero) is 2. The Morgan fingerprint density at radius 3 is 2.31 bits per heavy atom. The molecule has 0 saturated heterocycles. The molecule has 0 heterocycles. The van der Waals surface area contributed by atoms with Crippen LogP contribution in [0.15, 0.2) is 78.9 Å². The maximum atomic E-state index is 13.7. The summed E-state index contributed by atoms with van der Waals surface area (Å²) in [5.74, 6) is 6.67. The Kier molecular flexibility index (Phi) is 19.9. The van der Waals surface area contributed by atoms with Crippen molar-refractivity contribution in [3.63, 3.8) is 0 Å². The molecule has 0 aromatic heterocycles. The molecule has 48 heavy (non-hydrogen) atoms. The van der Waals surface area contributed by atoms with Crippen LogP contribution in [-0.4, -0.2) is 43.8 Å². The summed E-state index contributed by atoms with van der Waals surface area (Å²) in [6.45, 7) is 14.8. The van der Waals surface area contributed by atoms with Gasteiger partial charge in [-0.15, -0.1) is 0 Å². The van der Waals surface area contributed by atoms with Gasteiger partial charge in [-0.3, -0.25) is 26.1 Å². The average Bonchev–Trinajstić information content (AvgIpc) is 3.11. The summed E-state index contributed by atoms with van der Waals surface area (Å²) in [7, 11) is 1.25. The lowest BCUT2D eigenvalue weighted by atomic mass is 9.93. The minimum absolute atomic E-state index is 0.0791. The number of unbranched alkanes of at least 4 members (excludes halogenated alkanes) is 1. The zero-order valence-electron chi connectivity index (χ0n) is 29.4. The fourth-order valence-corrected chi connectivity index (χ4v) is 5.00. The number of allylic oxidation sites excluding steroid dienone is 2. The monoisotopic (exact) mass is 659 g/mol. The van der Waals surface area contributed by atoms with E-state index in [1.165, 1.54) is 25.7 Å². The summed E-state index contributed by atoms with van der Waals surface area (Å²) in [6.07, 6.45) is 6.72. The highest BCUT2D eigenvalue weighted by Crippen LogP contribution is 2.28. The molecule has 1 amide bonds. The molecule has 0 aliphatic rings. The Morgan fingerprint density at radius 2 is 1.65 bits per heavy atom. The largest absolute Gasteiger partial charge is 0.466 e. The molecule has 3 rings (SSSR count). The van der Waals surface area contributed by atoms with E-state index in [0.717, 1.165) is 61.3 Å². The normalized spacial score (nSPS) is 11.1. The number of nitrogens with one attached hydrogen (secondary N) is 1. The van der Waals surface area contributed by atoms with Crippen LogP contribution in [0.25, 0.3) is 10.8 Å². The molecule has 9 nitrogen and oxygen atoms in total. The van der Waals surface area contributed by atoms with E-state index in [1.54, 1.807) is 18.2 Å². The molecule has 0 aliphatic carbocycles. The molecule has 0 fully saturated rings. The van der Waals surface area contributed by atoms with Crippen LogP contribution in [0.5, 0.6) is 0 Å². The first-order valence-corrected chi connectivity index (χ1v) is 16.5. The van der Waals surface area contributed by atoms with Crippen molar-refractivity contribution in [2.45, 2.75) is 79.2 Å². The zero-order valence-corrected chi connectivity index (χ0v) is 29.4. The lowest BCUT2D eigenvalue weighted by Gasteiger charge is -2.20. The number of aryl methyl sites for hydroxylation is 2. The molecule has 0 saturated carbocycles. The Labute approximate surface area is 285 Å². The third-order valence-corrected chi connectivity index (χ3v) is 7.48. The predicted octanol–water partition coefficient (Wildman–Crippen LogP) is 6.91. The van der Waals surface area contributed by atoms with Crippen LogP contribution in [0.1, 0.15) is 104 Å². The summed E-state index contributed by atoms with van der Waals surface area (Å²) in [6, 6.07) is 17.2. The van der Waals surface area contributed by atoms with Gasteiger partial charge in [0.2, 0.25) is 0 Å². The van der Waals surface area contributed by atoms with Crippen molar-refractivity contribution in [2.75, 3.05) is 20.3 Å². The lowest BCUT2D eigenvalue weighted by Crippen LogP contribution is -2.28. The van der Waals surface area contributed by atoms with Crippen molar-refractivity contribution in [1.82, 2.24) is 5.32 Å². The number of hydrogen-bond acceptors (Lipinski definition) is 8. The van der Waals surface area contributed by atoms with Crippen LogP contribution >= 0.6 is 0 Å². The maximum Gasteiger partial charge on any atom is 0.330 e. The van der Waals surface area contributed by atoms with Gasteiger partial charge in [-0.05, 0) is 85.6 Å². The SMILES string of the molecule is C=C(/C=C/C(=O)OC)C(=O)CCc1ccc(C(C)=O)cc1C(=O)NC(C)c1cc(CCCCOCCC)cc2ccccc12.CC.NN. The minimum atomic E-state index is -0.581. The van der Waals surface area contributed by atoms with Crippen molar-refractivity contribution in [1.29, 1.82) is 0 Å². The third-order valence-electron chi connectivity index (χ3n) is 7.48. The predicted molar refractivity (Wildman–Crippen MR) is 194 cm³/mol. The molecule has 0 radical (unpaired) electrons. The fraction of sp³-hybridized carbons (Fsp3) is 0.385. The first kappa shape index (κ1) is 41.6. The van der Waals surface area contributed by atoms with E-state index in [0.29, 0.717) is 16.7 Å². The molecule has 0 bridgehead atoms. The van der Waals surface area contributed by atoms with Gasteiger partial charge in [0.25, 0.3) is 5.91 Å². The standard InChI is InChI=1S/C37H43NO6.C2H6.H4N2/c1-6-20-44-21-10-9-11-28-22-31-12-7-8-13-32(31)33(23-28)26(3)38-37(42)34-24-30(27(4)39)16-15-29(34)17-18-35(40)25(2)14-19-36(41)43-5;2*1-2/h7-8,12-16,19,22-24,26H,2,6,9-11,17-18,20-21H2,1,3-5H3,(H,38,42);1-2H3;1-2H2/b19-14+;;. The molecule has 5 N–H and O–H groups in total. The Bertz CT molecular complexity index is 1550. The number of nitrogens with two attached hydrogens (primary N) is 2. The molecule has 0 spiro atoms. The molecule has 3 aromatic rings. The summed E-state index contributed by atoms with van der Waals surface area (Å²) >= 11 is 0. The van der Waals surface area contributed by atoms with Gasteiger partial charge in [0.15, 0.2) is 11.6 Å². The van der Waals surface area contributed by atoms with Crippen LogP contribution in [0.2, 0.25) is 0 Å². The number of carbonyl (C=O) groups is 4. The first-order chi connectivity index (χ1) is 23.1. The minimum Gasteiger partial charge on any atom is -0.466 e. The van der Waals surface area contributed by atoms with Gasteiger partial charge >= 0.3 is 5.97 Å². The summed E-state index contributed by atoms with van der Waals surface area (Å²) < 4.78 is 10.2. The summed E-state index contributed by atoms with van der Waals surface area (Å²) in [5, 5.41) is 5.32. The molecule has 260 valence electrons. The van der Waals surface area contributed by atoms with Crippen LogP contribution in [0.4, 0.5) is 0 Å². The van der Waals surface area contributed by atoms with Crippen molar-refractivity contribution in [3.05, 3.63) is 107 Å². The van der Waals surface area contributed by atoms with E-state index < -0.39 is 5.97 Å². The van der Waals surface area contributed by atoms with E-state index in [4.69, 9.17) is 4.74 Å². The van der Waals surface area contributed by atoms with Crippen LogP contribution in [0, 0.1) is 0 Å². The number of fused-ring (bicyclic) bond motifs is 1. The maximum absolute atomic E-state index is 13.7. The van der Waals surface area contributed by atoms with E-state index in [-0.39, 0.29) is 41.9 Å². The van der Waals surface area contributed by atoms with Gasteiger partial charge < -0.3 is 14.8 Å². The van der Waals surface area contributed by atoms with Gasteiger partial charge in [0.05, 0.1) is 13.2 Å². The van der Waals surface area contributed by atoms with Crippen LogP contribution < -0.4 is 17.0 Å². The van der Waals surface area contributed by atoms with Crippen LogP contribution in [-0.2, 0) is 31.9 Å². The number of carbonyl (C=O) groups excluding carboxylic acids is 4. The highest BCUT2D eigenvalue weighted by atomic mass is 16.5. The topological polar surface area (TPSA) is 151 Å². The Balaban J connectivity index is 0.00000277. The van der Waals surface area contributed by atoms with E-state index in [9.17, 15) is 19.2 Å². The number of methoxy groups -OCH3 is 1. The second-order valence-corrected chi connectivity index (χ2v) is 10.9. The number of rotatable bonds is 17. The first-order valence-electron chi connectivity index (χ1n) is 16.5. The number of amides is 1. The third kappa shape index (κ3) is 13.4. The molecule has 9 heteroatoms. The molecule has 3 aromatic carbocycles. The van der Waals surface area contributed by atoms with Gasteiger partial charge in [-0.1, -0.05) is 75.9 Å². The van der Waals surface area contributed by atoms with Gasteiger partial charge in [0.1, 0.15) is 0 Å². The molecule has 1 atom stereocenters. The number of hydrogen-bond donors (Lipinski definition) is 3. The molecule has 1 unspecified atom stereocenters. The quantitative estimate of drug-likeness (QED) is 0.0269. The van der Waals surface area contributed by atoms with Crippen LogP contribution in [0.3, 0.4) is 0 Å². The van der Waals surface area contributed by atoms with Gasteiger partial charge in [-0.2, -0.15) is 0 Å². The number of benzene rings is 3. The number of hydrazine groups is 1. The van der Waals surface area contributed by atoms with Gasteiger partial charge in [-0.25, -0.2) is 4.79 Å². The smallest absolute Gasteiger partial charge is 0.330 e. The van der Waals surface area contributed by atoms with E-state index >= 15 is 0 Å². The summed E-state index contributed by atoms with van der Waals surface area (Å²) in [5.41, 5.74) is 3.79. The highest BCUT2D eigenvalue weighted by Gasteiger charge is 2.19. The molecule has 0 aliphatic heterocycles. The molecular weight excluding hydrogens is 606 g/mol. The van der Waals surface area contributed by atoms with Crippen molar-refractivity contribution in [3.8, 4) is 0 Å². The van der Waals surface area contributed by atoms with Gasteiger partial charge in [0, 0.05) is 42.4 Å². The zero-order chi connectivity index (χ0) is 36.1. The highest BCUT2D eigenvalue weighted by molar-refractivity contribution is 6.02. The summed E-state index contributed by atoms with van der Waals surface area (Å²) in [4.78, 5) is 49.9. The lowest BCUT2D eigenvalue weighted by molar-refractivity contribution is -0.134. The molecular formula is C39H53N3O6. The fourth-order valence-electron chi connectivity index (χ4n) is 5.00. The van der Waals surface area contributed by atoms with Crippen molar-refractivity contribution < 1.29 is 28.7 Å². The second-order valence-electron chi connectivity index (χ2n) is 10.9. The Morgan fingerprint density at radius 1 is 0.938 bits per heavy atom. The van der Waals surface area contributed by atoms with E-state index in [2.05, 4.69) is 59.5 Å². The average molecular weight is 660 g/mol.